The molecule has 2 aliphatic heterocycles. The van der Waals surface area contributed by atoms with Crippen molar-refractivity contribution in [3.05, 3.63) is 47.4 Å². The van der Waals surface area contributed by atoms with Gasteiger partial charge in [-0.15, -0.1) is 0 Å². The molecule has 204 valence electrons. The summed E-state index contributed by atoms with van der Waals surface area (Å²) in [7, 11) is 1.60. The van der Waals surface area contributed by atoms with E-state index < -0.39 is 17.7 Å². The fourth-order valence-electron chi connectivity index (χ4n) is 5.55. The third-order valence-corrected chi connectivity index (χ3v) is 8.23. The number of nitrogens with zero attached hydrogens (tertiary/aromatic N) is 5. The quantitative estimate of drug-likeness (QED) is 0.518. The topological polar surface area (TPSA) is 111 Å². The highest BCUT2D eigenvalue weighted by Crippen LogP contribution is 2.47. The first kappa shape index (κ1) is 26.1. The van der Waals surface area contributed by atoms with Crippen molar-refractivity contribution in [1.29, 1.82) is 0 Å². The maximum absolute atomic E-state index is 15.1. The first-order chi connectivity index (χ1) is 18.2. The molecule has 3 heterocycles. The number of hydrogen-bond donors (Lipinski definition) is 2. The van der Waals surface area contributed by atoms with Gasteiger partial charge in [0, 0.05) is 44.5 Å². The van der Waals surface area contributed by atoms with Crippen molar-refractivity contribution in [2.45, 2.75) is 63.7 Å². The molecule has 2 aromatic rings. The van der Waals surface area contributed by atoms with Crippen molar-refractivity contribution < 1.29 is 23.8 Å². The number of aromatic nitrogens is 2. The van der Waals surface area contributed by atoms with Gasteiger partial charge >= 0.3 is 12.2 Å². The predicted octanol–water partition coefficient (Wildman–Crippen LogP) is 4.49. The van der Waals surface area contributed by atoms with Crippen LogP contribution in [-0.4, -0.2) is 75.4 Å². The SMILES string of the molecule is C[C@H](Nc1nccc(N2C(=O)OC[C@]2(C)C2CC2)n1)c1ccc(CN2CCC(N(C)C(=O)O)CC2)c(F)c1. The van der Waals surface area contributed by atoms with E-state index in [1.807, 2.05) is 19.9 Å². The number of likely N-dealkylation sites (tertiary alicyclic amines) is 1. The Balaban J connectivity index is 1.21. The second-order valence-electron chi connectivity index (χ2n) is 10.9. The Labute approximate surface area is 221 Å². The largest absolute Gasteiger partial charge is 0.465 e. The first-order valence-electron chi connectivity index (χ1n) is 13.2. The number of carbonyl (C=O) groups is 2. The lowest BCUT2D eigenvalue weighted by molar-refractivity contribution is 0.102. The summed E-state index contributed by atoms with van der Waals surface area (Å²) in [4.78, 5) is 37.8. The van der Waals surface area contributed by atoms with Crippen LogP contribution in [0.5, 0.6) is 0 Å². The predicted molar refractivity (Wildman–Crippen MR) is 140 cm³/mol. The van der Waals surface area contributed by atoms with Crippen molar-refractivity contribution in [3.8, 4) is 0 Å². The molecule has 11 heteroatoms. The van der Waals surface area contributed by atoms with Gasteiger partial charge in [0.15, 0.2) is 0 Å². The zero-order chi connectivity index (χ0) is 27.0. The number of carbonyl (C=O) groups excluding carboxylic acids is 1. The molecule has 0 unspecified atom stereocenters. The van der Waals surface area contributed by atoms with Gasteiger partial charge in [-0.25, -0.2) is 19.0 Å². The number of anilines is 2. The minimum Gasteiger partial charge on any atom is -0.465 e. The van der Waals surface area contributed by atoms with E-state index in [2.05, 4.69) is 20.2 Å². The Bertz CT molecular complexity index is 1200. The molecule has 1 saturated carbocycles. The number of halogens is 1. The summed E-state index contributed by atoms with van der Waals surface area (Å²) in [6.45, 7) is 6.22. The molecular weight excluding hydrogens is 491 g/mol. The summed E-state index contributed by atoms with van der Waals surface area (Å²) in [5, 5.41) is 12.4. The lowest BCUT2D eigenvalue weighted by Crippen LogP contribution is -2.47. The standard InChI is InChI=1S/C27H35FN6O4/c1-17(30-24-29-11-8-23(31-24)34-26(37)38-16-27(34,2)20-6-7-20)18-4-5-19(22(28)14-18)15-33-12-9-21(10-13-33)32(3)25(35)36/h4-5,8,11,14,17,20-21H,6-7,9-10,12-13,15-16H2,1-3H3,(H,35,36)(H,29,30,31)/t17-,27+/m0/s1. The Morgan fingerprint density at radius 2 is 2.03 bits per heavy atom. The molecule has 10 nitrogen and oxygen atoms in total. The Morgan fingerprint density at radius 3 is 2.68 bits per heavy atom. The maximum atomic E-state index is 15.1. The molecule has 2 N–H and O–H groups in total. The van der Waals surface area contributed by atoms with Crippen LogP contribution in [0.2, 0.25) is 0 Å². The monoisotopic (exact) mass is 526 g/mol. The van der Waals surface area contributed by atoms with Gasteiger partial charge in [-0.3, -0.25) is 9.80 Å². The van der Waals surface area contributed by atoms with Crippen LogP contribution in [-0.2, 0) is 11.3 Å². The van der Waals surface area contributed by atoms with Gasteiger partial charge in [0.05, 0.1) is 11.6 Å². The molecule has 5 rings (SSSR count). The molecule has 1 aromatic heterocycles. The third-order valence-electron chi connectivity index (χ3n) is 8.23. The van der Waals surface area contributed by atoms with E-state index in [1.165, 1.54) is 11.0 Å². The van der Waals surface area contributed by atoms with Crippen LogP contribution in [0.25, 0.3) is 0 Å². The summed E-state index contributed by atoms with van der Waals surface area (Å²) >= 11 is 0. The highest BCUT2D eigenvalue weighted by molar-refractivity contribution is 5.90. The van der Waals surface area contributed by atoms with Crippen LogP contribution < -0.4 is 10.2 Å². The third kappa shape index (κ3) is 5.24. The van der Waals surface area contributed by atoms with Gasteiger partial charge < -0.3 is 20.1 Å². The number of hydrogen-bond acceptors (Lipinski definition) is 7. The average molecular weight is 527 g/mol. The van der Waals surface area contributed by atoms with Crippen molar-refractivity contribution >= 4 is 24.0 Å². The Morgan fingerprint density at radius 1 is 1.29 bits per heavy atom. The van der Waals surface area contributed by atoms with Crippen molar-refractivity contribution in [1.82, 2.24) is 19.8 Å². The summed E-state index contributed by atoms with van der Waals surface area (Å²) in [6.07, 6.45) is 3.90. The van der Waals surface area contributed by atoms with Crippen molar-refractivity contribution in [2.24, 2.45) is 5.92 Å². The second-order valence-corrected chi connectivity index (χ2v) is 10.9. The molecule has 0 bridgehead atoms. The number of cyclic esters (lactones) is 1. The first-order valence-corrected chi connectivity index (χ1v) is 13.2. The van der Waals surface area contributed by atoms with Crippen LogP contribution in [0.3, 0.4) is 0 Å². The van der Waals surface area contributed by atoms with Crippen LogP contribution in [0, 0.1) is 11.7 Å². The highest BCUT2D eigenvalue weighted by atomic mass is 19.1. The zero-order valence-electron chi connectivity index (χ0n) is 22.1. The van der Waals surface area contributed by atoms with Gasteiger partial charge in [-0.2, -0.15) is 4.98 Å². The van der Waals surface area contributed by atoms with E-state index in [-0.39, 0.29) is 17.9 Å². The zero-order valence-corrected chi connectivity index (χ0v) is 22.1. The molecule has 2 amide bonds. The smallest absolute Gasteiger partial charge is 0.416 e. The maximum Gasteiger partial charge on any atom is 0.416 e. The fourth-order valence-corrected chi connectivity index (χ4v) is 5.55. The molecular formula is C27H35FN6O4. The van der Waals surface area contributed by atoms with Crippen LogP contribution in [0.15, 0.2) is 30.5 Å². The number of carboxylic acid groups (broad SMARTS) is 1. The average Bonchev–Trinajstić information content (AvgIpc) is 3.71. The number of amides is 2. The molecule has 0 spiro atoms. The molecule has 1 aromatic carbocycles. The van der Waals surface area contributed by atoms with Gasteiger partial charge in [0.1, 0.15) is 18.2 Å². The Hall–Kier alpha value is -3.47. The number of ether oxygens (including phenoxy) is 1. The van der Waals surface area contributed by atoms with Crippen molar-refractivity contribution in [2.75, 3.05) is 37.0 Å². The van der Waals surface area contributed by atoms with E-state index >= 15 is 4.39 Å². The van der Waals surface area contributed by atoms with E-state index in [9.17, 15) is 14.7 Å². The Kier molecular flexibility index (Phi) is 7.13. The molecule has 3 aliphatic rings. The molecule has 3 fully saturated rings. The number of rotatable bonds is 8. The number of nitrogens with one attached hydrogen (secondary N) is 1. The molecule has 38 heavy (non-hydrogen) atoms. The van der Waals surface area contributed by atoms with Gasteiger partial charge in [-0.1, -0.05) is 12.1 Å². The minimum atomic E-state index is -0.916. The summed E-state index contributed by atoms with van der Waals surface area (Å²) in [5.41, 5.74) is 0.955. The van der Waals surface area contributed by atoms with Gasteiger partial charge in [-0.05, 0) is 63.1 Å². The van der Waals surface area contributed by atoms with Crippen LogP contribution in [0.1, 0.15) is 56.7 Å². The molecule has 0 radical (unpaired) electrons. The van der Waals surface area contributed by atoms with Crippen LogP contribution in [0.4, 0.5) is 25.7 Å². The van der Waals surface area contributed by atoms with E-state index in [1.54, 1.807) is 30.3 Å². The lowest BCUT2D eigenvalue weighted by atomic mass is 9.96. The van der Waals surface area contributed by atoms with E-state index in [0.29, 0.717) is 36.4 Å². The minimum absolute atomic E-state index is 0.00202. The normalized spacial score (nSPS) is 23.3. The number of benzene rings is 1. The van der Waals surface area contributed by atoms with Crippen LogP contribution >= 0.6 is 0 Å². The van der Waals surface area contributed by atoms with E-state index in [4.69, 9.17) is 4.74 Å². The van der Waals surface area contributed by atoms with E-state index in [0.717, 1.165) is 44.3 Å². The summed E-state index contributed by atoms with van der Waals surface area (Å²) < 4.78 is 20.4. The second kappa shape index (κ2) is 10.4. The lowest BCUT2D eigenvalue weighted by Gasteiger charge is -2.35. The summed E-state index contributed by atoms with van der Waals surface area (Å²) in [6, 6.07) is 6.67. The molecule has 2 saturated heterocycles. The summed E-state index contributed by atoms with van der Waals surface area (Å²) in [5.74, 6) is 0.965. The number of piperidine rings is 1. The fraction of sp³-hybridized carbons (Fsp3) is 0.556. The van der Waals surface area contributed by atoms with Crippen molar-refractivity contribution in [3.63, 3.8) is 0 Å². The van der Waals surface area contributed by atoms with Gasteiger partial charge in [0.25, 0.3) is 0 Å². The molecule has 2 atom stereocenters. The van der Waals surface area contributed by atoms with Gasteiger partial charge in [0.2, 0.25) is 5.95 Å². The highest BCUT2D eigenvalue weighted by Gasteiger charge is 2.54. The molecule has 1 aliphatic carbocycles.